The number of amides is 1. The van der Waals surface area contributed by atoms with Crippen molar-refractivity contribution in [1.29, 1.82) is 0 Å². The van der Waals surface area contributed by atoms with Gasteiger partial charge in [0.1, 0.15) is 6.04 Å². The van der Waals surface area contributed by atoms with Crippen LogP contribution in [0.3, 0.4) is 0 Å². The van der Waals surface area contributed by atoms with Crippen LogP contribution in [0, 0.1) is 0 Å². The van der Waals surface area contributed by atoms with Gasteiger partial charge in [-0.2, -0.15) is 16.5 Å². The number of nitrogens with zero attached hydrogens (tertiary/aromatic N) is 1. The minimum atomic E-state index is -3.99. The van der Waals surface area contributed by atoms with E-state index in [4.69, 9.17) is 4.74 Å². The van der Waals surface area contributed by atoms with E-state index in [1.165, 1.54) is 31.9 Å². The molecule has 2 rings (SSSR count). The highest BCUT2D eigenvalue weighted by atomic mass is 79.9. The van der Waals surface area contributed by atoms with Crippen molar-refractivity contribution in [2.75, 3.05) is 30.6 Å². The van der Waals surface area contributed by atoms with Crippen molar-refractivity contribution in [3.63, 3.8) is 0 Å². The Kier molecular flexibility index (Phi) is 7.12. The summed E-state index contributed by atoms with van der Waals surface area (Å²) in [5, 5.41) is 0. The zero-order chi connectivity index (χ0) is 19.5. The Hall–Kier alpha value is -1.10. The first kappa shape index (κ1) is 21.2. The summed E-state index contributed by atoms with van der Waals surface area (Å²) >= 11 is 4.80. The van der Waals surface area contributed by atoms with E-state index >= 15 is 0 Å². The summed E-state index contributed by atoms with van der Waals surface area (Å²) in [4.78, 5) is 25.2. The molecule has 1 heterocycles. The monoisotopic (exact) mass is 464 g/mol. The fourth-order valence-electron chi connectivity index (χ4n) is 2.77. The largest absolute Gasteiger partial charge is 0.468 e. The summed E-state index contributed by atoms with van der Waals surface area (Å²) in [5.41, 5.74) is 1.48. The summed E-state index contributed by atoms with van der Waals surface area (Å²) in [7, 11) is -2.77. The van der Waals surface area contributed by atoms with Crippen LogP contribution in [0.5, 0.6) is 0 Å². The molecule has 1 aliphatic rings. The molecule has 0 spiro atoms. The molecule has 0 radical (unpaired) electrons. The molecule has 0 aliphatic carbocycles. The normalized spacial score (nSPS) is 14.8. The van der Waals surface area contributed by atoms with Gasteiger partial charge < -0.3 is 9.64 Å². The molecule has 7 nitrogen and oxygen atoms in total. The lowest BCUT2D eigenvalue weighted by atomic mass is 10.2. The number of carbonyl (C=O) groups is 2. The molecule has 1 atom stereocenters. The number of methoxy groups -OCH3 is 1. The van der Waals surface area contributed by atoms with Gasteiger partial charge in [0.25, 0.3) is 0 Å². The van der Waals surface area contributed by atoms with Gasteiger partial charge in [0.05, 0.1) is 12.0 Å². The molecule has 26 heavy (non-hydrogen) atoms. The molecular weight excluding hydrogens is 444 g/mol. The molecule has 1 amide bonds. The molecule has 1 unspecified atom stereocenters. The zero-order valence-electron chi connectivity index (χ0n) is 14.7. The minimum Gasteiger partial charge on any atom is -0.468 e. The van der Waals surface area contributed by atoms with Crippen LogP contribution in [-0.2, 0) is 30.8 Å². The Morgan fingerprint density at radius 2 is 2.12 bits per heavy atom. The van der Waals surface area contributed by atoms with Crippen molar-refractivity contribution in [3.05, 3.63) is 22.2 Å². The Labute approximate surface area is 166 Å². The number of carbonyl (C=O) groups excluding carboxylic acids is 2. The molecule has 1 aromatic carbocycles. The second-order valence-corrected chi connectivity index (χ2v) is 9.33. The van der Waals surface area contributed by atoms with Crippen molar-refractivity contribution in [1.82, 2.24) is 4.72 Å². The standard InChI is InChI=1S/C16H21BrN2O5S2/c1-10(20)19-6-4-11-8-12(17)15(9-14(11)19)26(22,23)18-13(5-7-25-3)16(21)24-2/h8-9,13,18H,4-7H2,1-3H3. The molecule has 0 aromatic heterocycles. The summed E-state index contributed by atoms with van der Waals surface area (Å²) < 4.78 is 33.2. The Morgan fingerprint density at radius 3 is 2.69 bits per heavy atom. The first-order valence-corrected chi connectivity index (χ1v) is 11.6. The van der Waals surface area contributed by atoms with Crippen LogP contribution < -0.4 is 9.62 Å². The minimum absolute atomic E-state index is 0.0116. The van der Waals surface area contributed by atoms with Gasteiger partial charge in [-0.3, -0.25) is 9.59 Å². The van der Waals surface area contributed by atoms with Gasteiger partial charge in [-0.05, 0) is 58.5 Å². The predicted octanol–water partition coefficient (Wildman–Crippen LogP) is 1.93. The fourth-order valence-corrected chi connectivity index (χ4v) is 5.57. The van der Waals surface area contributed by atoms with Crippen LogP contribution in [0.15, 0.2) is 21.5 Å². The molecule has 1 aliphatic heterocycles. The van der Waals surface area contributed by atoms with Crippen LogP contribution in [0.1, 0.15) is 18.9 Å². The maximum absolute atomic E-state index is 12.9. The number of halogens is 1. The molecule has 0 saturated heterocycles. The lowest BCUT2D eigenvalue weighted by Crippen LogP contribution is -2.42. The summed E-state index contributed by atoms with van der Waals surface area (Å²) in [6.45, 7) is 1.96. The number of thioether (sulfide) groups is 1. The van der Waals surface area contributed by atoms with Crippen molar-refractivity contribution >= 4 is 55.3 Å². The summed E-state index contributed by atoms with van der Waals surface area (Å²) in [6, 6.07) is 2.21. The van der Waals surface area contributed by atoms with E-state index in [0.29, 0.717) is 35.3 Å². The second-order valence-electron chi connectivity index (χ2n) is 5.81. The Morgan fingerprint density at radius 1 is 1.42 bits per heavy atom. The molecule has 0 fully saturated rings. The number of fused-ring (bicyclic) bond motifs is 1. The molecule has 0 bridgehead atoms. The molecule has 0 saturated carbocycles. The highest BCUT2D eigenvalue weighted by Gasteiger charge is 2.31. The van der Waals surface area contributed by atoms with Gasteiger partial charge >= 0.3 is 5.97 Å². The summed E-state index contributed by atoms with van der Waals surface area (Å²) in [5.74, 6) is -0.175. The third-order valence-electron chi connectivity index (χ3n) is 4.09. The molecular formula is C16H21BrN2O5S2. The molecule has 144 valence electrons. The van der Waals surface area contributed by atoms with Gasteiger partial charge in [0.15, 0.2) is 0 Å². The quantitative estimate of drug-likeness (QED) is 0.619. The van der Waals surface area contributed by atoms with Crippen molar-refractivity contribution < 1.29 is 22.7 Å². The van der Waals surface area contributed by atoms with Gasteiger partial charge in [-0.15, -0.1) is 0 Å². The van der Waals surface area contributed by atoms with Crippen LogP contribution in [0.4, 0.5) is 5.69 Å². The first-order chi connectivity index (χ1) is 12.2. The van der Waals surface area contributed by atoms with Gasteiger partial charge in [0.2, 0.25) is 15.9 Å². The average molecular weight is 465 g/mol. The predicted molar refractivity (Wildman–Crippen MR) is 105 cm³/mol. The maximum atomic E-state index is 12.9. The number of benzene rings is 1. The number of esters is 1. The number of anilines is 1. The van der Waals surface area contributed by atoms with E-state index < -0.39 is 22.0 Å². The third kappa shape index (κ3) is 4.59. The van der Waals surface area contributed by atoms with Crippen molar-refractivity contribution in [2.24, 2.45) is 0 Å². The maximum Gasteiger partial charge on any atom is 0.323 e. The van der Waals surface area contributed by atoms with Crippen LogP contribution in [0.2, 0.25) is 0 Å². The van der Waals surface area contributed by atoms with E-state index in [2.05, 4.69) is 20.7 Å². The number of rotatable bonds is 7. The Balaban J connectivity index is 2.38. The second kappa shape index (κ2) is 8.73. The average Bonchev–Trinajstić information content (AvgIpc) is 2.99. The Bertz CT molecular complexity index is 813. The smallest absolute Gasteiger partial charge is 0.323 e. The van der Waals surface area contributed by atoms with Crippen molar-refractivity contribution in [3.8, 4) is 0 Å². The molecule has 1 aromatic rings. The summed E-state index contributed by atoms with van der Waals surface area (Å²) in [6.07, 6.45) is 2.85. The zero-order valence-corrected chi connectivity index (χ0v) is 18.0. The molecule has 1 N–H and O–H groups in total. The number of hydrogen-bond acceptors (Lipinski definition) is 6. The first-order valence-electron chi connectivity index (χ1n) is 7.91. The number of nitrogens with one attached hydrogen (secondary N) is 1. The molecule has 10 heteroatoms. The van der Waals surface area contributed by atoms with E-state index in [1.807, 2.05) is 6.26 Å². The number of sulfonamides is 1. The highest BCUT2D eigenvalue weighted by Crippen LogP contribution is 2.35. The van der Waals surface area contributed by atoms with Gasteiger partial charge in [-0.25, -0.2) is 8.42 Å². The highest BCUT2D eigenvalue weighted by molar-refractivity contribution is 9.10. The fraction of sp³-hybridized carbons (Fsp3) is 0.500. The third-order valence-corrected chi connectivity index (χ3v) is 7.17. The number of hydrogen-bond donors (Lipinski definition) is 1. The lowest BCUT2D eigenvalue weighted by molar-refractivity contribution is -0.142. The van der Waals surface area contributed by atoms with Gasteiger partial charge in [-0.1, -0.05) is 0 Å². The van der Waals surface area contributed by atoms with Crippen LogP contribution in [-0.4, -0.2) is 52.0 Å². The van der Waals surface area contributed by atoms with E-state index in [9.17, 15) is 18.0 Å². The van der Waals surface area contributed by atoms with E-state index in [1.54, 1.807) is 11.0 Å². The SMILES string of the molecule is COC(=O)C(CCSC)NS(=O)(=O)c1cc2c(cc1Br)CCN2C(C)=O. The van der Waals surface area contributed by atoms with Crippen LogP contribution in [0.25, 0.3) is 0 Å². The van der Waals surface area contributed by atoms with Gasteiger partial charge in [0, 0.05) is 23.6 Å². The van der Waals surface area contributed by atoms with E-state index in [0.717, 1.165) is 5.56 Å². The van der Waals surface area contributed by atoms with Crippen LogP contribution >= 0.6 is 27.7 Å². The number of ether oxygens (including phenoxy) is 1. The topological polar surface area (TPSA) is 92.8 Å². The van der Waals surface area contributed by atoms with Crippen molar-refractivity contribution in [2.45, 2.75) is 30.7 Å². The lowest BCUT2D eigenvalue weighted by Gasteiger charge is -2.19. The van der Waals surface area contributed by atoms with E-state index in [-0.39, 0.29) is 10.8 Å².